The van der Waals surface area contributed by atoms with Crippen LogP contribution in [-0.2, 0) is 29.2 Å². The summed E-state index contributed by atoms with van der Waals surface area (Å²) in [5.41, 5.74) is 8.21. The number of ether oxygens (including phenoxy) is 4. The molecule has 3 aliphatic rings. The Morgan fingerprint density at radius 3 is 1.79 bits per heavy atom. The number of alkyl carbamates (subject to hydrolysis) is 2. The molecule has 3 aromatic carbocycles. The number of aromatic amines is 2. The number of carbonyl (C=O) groups is 3. The van der Waals surface area contributed by atoms with E-state index >= 15 is 0 Å². The highest BCUT2D eigenvalue weighted by Gasteiger charge is 2.42. The molecule has 3 saturated heterocycles. The van der Waals surface area contributed by atoms with Crippen molar-refractivity contribution < 1.29 is 38.4 Å². The maximum atomic E-state index is 14.0. The first-order valence-corrected chi connectivity index (χ1v) is 23.5. The normalized spacial score (nSPS) is 22.5. The molecule has 5 aromatic rings. The van der Waals surface area contributed by atoms with Crippen LogP contribution >= 0.6 is 0 Å². The number of hydrogen-bond acceptors (Lipinski definition) is 12. The van der Waals surface area contributed by atoms with Crippen molar-refractivity contribution >= 4 is 45.8 Å². The monoisotopic (exact) mass is 922 g/mol. The van der Waals surface area contributed by atoms with Gasteiger partial charge in [0.25, 0.3) is 0 Å². The summed E-state index contributed by atoms with van der Waals surface area (Å²) in [5, 5.41) is 17.1. The van der Waals surface area contributed by atoms with Crippen molar-refractivity contribution in [1.29, 1.82) is 0 Å². The molecule has 1 unspecified atom stereocenters. The second-order valence-electron chi connectivity index (χ2n) is 19.3. The Labute approximate surface area is 392 Å². The Hall–Kier alpha value is -5.75. The number of aliphatic hydroxyl groups is 1. The number of rotatable bonds is 14. The number of anilines is 1. The second-order valence-corrected chi connectivity index (χ2v) is 19.3. The number of benzene rings is 3. The molecule has 17 heteroatoms. The molecular weight excluding hydrogens is 855 g/mol. The van der Waals surface area contributed by atoms with Crippen LogP contribution in [0.3, 0.4) is 0 Å². The lowest BCUT2D eigenvalue weighted by Crippen LogP contribution is -2.56. The van der Waals surface area contributed by atoms with Crippen molar-refractivity contribution in [2.24, 2.45) is 0 Å². The molecule has 9 atom stereocenters. The summed E-state index contributed by atoms with van der Waals surface area (Å²) >= 11 is 0. The van der Waals surface area contributed by atoms with Crippen LogP contribution in [0, 0.1) is 0 Å². The van der Waals surface area contributed by atoms with Crippen LogP contribution < -0.4 is 15.5 Å². The molecule has 360 valence electrons. The average molecular weight is 922 g/mol. The number of carbonyl (C=O) groups excluding carboxylic acids is 3. The van der Waals surface area contributed by atoms with E-state index in [-0.39, 0.29) is 35.5 Å². The lowest BCUT2D eigenvalue weighted by molar-refractivity contribution is -0.137. The summed E-state index contributed by atoms with van der Waals surface area (Å²) in [6, 6.07) is 19.9. The van der Waals surface area contributed by atoms with E-state index < -0.39 is 42.7 Å². The smallest absolute Gasteiger partial charge is 0.407 e. The van der Waals surface area contributed by atoms with Crippen molar-refractivity contribution in [1.82, 2.24) is 40.4 Å². The Morgan fingerprint density at radius 1 is 0.701 bits per heavy atom. The van der Waals surface area contributed by atoms with Crippen molar-refractivity contribution in [3.05, 3.63) is 89.0 Å². The van der Waals surface area contributed by atoms with Gasteiger partial charge in [0.05, 0.1) is 78.7 Å². The van der Waals surface area contributed by atoms with Gasteiger partial charge in [0.15, 0.2) is 0 Å². The Balaban J connectivity index is 1.08. The predicted octanol–water partition coefficient (Wildman–Crippen LogP) is 7.46. The molecule has 2 aromatic heterocycles. The van der Waals surface area contributed by atoms with Crippen molar-refractivity contribution in [3.8, 4) is 0 Å². The molecule has 67 heavy (non-hydrogen) atoms. The number of methoxy groups -OCH3 is 4. The number of aromatic nitrogens is 4. The highest BCUT2D eigenvalue weighted by Crippen LogP contribution is 2.48. The van der Waals surface area contributed by atoms with Gasteiger partial charge >= 0.3 is 12.2 Å². The Kier molecular flexibility index (Phi) is 14.1. The van der Waals surface area contributed by atoms with Crippen LogP contribution in [0.4, 0.5) is 15.3 Å². The molecule has 5 N–H and O–H groups in total. The number of amides is 3. The van der Waals surface area contributed by atoms with E-state index in [0.29, 0.717) is 18.9 Å². The third-order valence-corrected chi connectivity index (χ3v) is 14.3. The molecule has 0 saturated carbocycles. The molecule has 3 fully saturated rings. The number of nitrogens with zero attached hydrogens (tertiary/aromatic N) is 5. The first-order valence-electron chi connectivity index (χ1n) is 23.5. The number of fused-ring (bicyclic) bond motifs is 2. The third-order valence-electron chi connectivity index (χ3n) is 14.3. The standard InChI is InChI=1S/C50H67N9O8/c1-28(64-6)42(55-48(62)66-8)46(60)57-24-10-12-40(57)44-51-34-20-14-30(26-36(34)53-44)38-22-23-39(59(38)33-18-16-32(17-19-33)50(3,4)5)31-15-21-35-37(27-31)54-45(52-35)41-13-11-25-58(41)47(61)43(29(2)65-7)56-49(63)67-9/h14-21,26-29,38-43,46,60H,10-13,22-25H2,1-9H3,(H,51,53)(H,52,54)(H,55,62)(H,56,63)/t28-,29-,38+,39+,40+,41+,42+,43+,46?/m1/s1. The Bertz CT molecular complexity index is 2540. The number of H-pyrrole nitrogens is 2. The number of imidazole rings is 2. The van der Waals surface area contributed by atoms with Crippen LogP contribution in [0.5, 0.6) is 0 Å². The molecule has 0 spiro atoms. The van der Waals surface area contributed by atoms with Gasteiger partial charge in [0, 0.05) is 33.0 Å². The van der Waals surface area contributed by atoms with Gasteiger partial charge in [-0.15, -0.1) is 0 Å². The SMILES string of the molecule is COC(=O)N[C@H](C(=O)N1CCC[C@H]1c1nc2ccc([C@@H]3CC[C@@H](c4ccc5nc([C@@H]6CCCN6C(O)[C@@H](NC(=O)OC)[C@@H](C)OC)[nH]c5c4)N3c3ccc(C(C)(C)C)cc3)cc2[nH]1)[C@@H](C)OC. The molecule has 17 nitrogen and oxygen atoms in total. The number of aliphatic hydroxyl groups excluding tert-OH is 1. The van der Waals surface area contributed by atoms with Crippen molar-refractivity contribution in [3.63, 3.8) is 0 Å². The maximum Gasteiger partial charge on any atom is 0.407 e. The topological polar surface area (TPSA) is 199 Å². The summed E-state index contributed by atoms with van der Waals surface area (Å²) in [7, 11) is 5.64. The number of nitrogens with one attached hydrogen (secondary N) is 4. The quantitative estimate of drug-likeness (QED) is 0.0738. The highest BCUT2D eigenvalue weighted by molar-refractivity contribution is 5.87. The lowest BCUT2D eigenvalue weighted by atomic mass is 9.87. The Morgan fingerprint density at radius 2 is 1.24 bits per heavy atom. The second kappa shape index (κ2) is 19.8. The first-order chi connectivity index (χ1) is 32.1. The highest BCUT2D eigenvalue weighted by atomic mass is 16.5. The van der Waals surface area contributed by atoms with Gasteiger partial charge in [-0.25, -0.2) is 19.6 Å². The largest absolute Gasteiger partial charge is 0.453 e. The zero-order chi connectivity index (χ0) is 47.7. The fourth-order valence-electron chi connectivity index (χ4n) is 10.4. The maximum absolute atomic E-state index is 14.0. The molecule has 0 radical (unpaired) electrons. The van der Waals surface area contributed by atoms with E-state index in [1.54, 1.807) is 18.9 Å². The van der Waals surface area contributed by atoms with E-state index in [2.05, 4.69) is 107 Å². The summed E-state index contributed by atoms with van der Waals surface area (Å²) in [5.74, 6) is 1.24. The average Bonchev–Trinajstić information content (AvgIpc) is 4.19. The van der Waals surface area contributed by atoms with E-state index in [0.717, 1.165) is 77.7 Å². The fraction of sp³-hybridized carbons (Fsp3) is 0.540. The van der Waals surface area contributed by atoms with Crippen LogP contribution in [0.25, 0.3) is 22.1 Å². The van der Waals surface area contributed by atoms with Crippen molar-refractivity contribution in [2.75, 3.05) is 46.4 Å². The van der Waals surface area contributed by atoms with Crippen molar-refractivity contribution in [2.45, 2.75) is 133 Å². The van der Waals surface area contributed by atoms with Gasteiger partial charge in [-0.2, -0.15) is 0 Å². The summed E-state index contributed by atoms with van der Waals surface area (Å²) in [6.45, 7) is 11.4. The van der Waals surface area contributed by atoms with Gasteiger partial charge in [-0.1, -0.05) is 45.0 Å². The molecular formula is C50H67N9O8. The van der Waals surface area contributed by atoms with Crippen LogP contribution in [0.2, 0.25) is 0 Å². The minimum atomic E-state index is -1.03. The minimum absolute atomic E-state index is 0.00110. The number of hydrogen-bond donors (Lipinski definition) is 5. The van der Waals surface area contributed by atoms with E-state index in [1.807, 2.05) is 11.8 Å². The first kappa shape index (κ1) is 47.7. The van der Waals surface area contributed by atoms with Gasteiger partial charge < -0.3 is 54.5 Å². The fourth-order valence-corrected chi connectivity index (χ4v) is 10.4. The lowest BCUT2D eigenvalue weighted by Gasteiger charge is -2.36. The predicted molar refractivity (Wildman–Crippen MR) is 254 cm³/mol. The van der Waals surface area contributed by atoms with Crippen LogP contribution in [0.15, 0.2) is 60.7 Å². The number of likely N-dealkylation sites (tertiary alicyclic amines) is 2. The molecule has 8 rings (SSSR count). The van der Waals surface area contributed by atoms with E-state index in [1.165, 1.54) is 32.5 Å². The van der Waals surface area contributed by atoms with Gasteiger partial charge in [-0.3, -0.25) is 9.69 Å². The van der Waals surface area contributed by atoms with E-state index in [4.69, 9.17) is 28.9 Å². The zero-order valence-corrected chi connectivity index (χ0v) is 40.2. The minimum Gasteiger partial charge on any atom is -0.453 e. The third kappa shape index (κ3) is 9.69. The molecule has 3 aliphatic heterocycles. The molecule has 5 heterocycles. The molecule has 0 bridgehead atoms. The molecule has 3 amide bonds. The van der Waals surface area contributed by atoms with Crippen LogP contribution in [-0.4, -0.2) is 125 Å². The summed E-state index contributed by atoms with van der Waals surface area (Å²) in [4.78, 5) is 62.1. The van der Waals surface area contributed by atoms with Crippen LogP contribution in [0.1, 0.15) is 126 Å². The van der Waals surface area contributed by atoms with E-state index in [9.17, 15) is 19.5 Å². The van der Waals surface area contributed by atoms with Gasteiger partial charge in [0.2, 0.25) is 5.91 Å². The summed E-state index contributed by atoms with van der Waals surface area (Å²) in [6.07, 6.45) is 1.61. The summed E-state index contributed by atoms with van der Waals surface area (Å²) < 4.78 is 20.7. The zero-order valence-electron chi connectivity index (χ0n) is 40.2. The van der Waals surface area contributed by atoms with Gasteiger partial charge in [-0.05, 0) is 111 Å². The van der Waals surface area contributed by atoms with Gasteiger partial charge in [0.1, 0.15) is 23.9 Å². The molecule has 0 aliphatic carbocycles.